The van der Waals surface area contributed by atoms with E-state index in [1.54, 1.807) is 0 Å². The smallest absolute Gasteiger partial charge is 0.431 e. The van der Waals surface area contributed by atoms with E-state index in [0.29, 0.717) is 13.2 Å². The van der Waals surface area contributed by atoms with Gasteiger partial charge in [-0.15, -0.1) is 0 Å². The van der Waals surface area contributed by atoms with Crippen molar-refractivity contribution in [2.75, 3.05) is 13.2 Å². The number of carbonyl (C=O) groups excluding carboxylic acids is 1. The fourth-order valence-corrected chi connectivity index (χ4v) is 0.292. The Morgan fingerprint density at radius 3 is 2.17 bits per heavy atom. The normalized spacial score (nSPS) is 19.7. The summed E-state index contributed by atoms with van der Waals surface area (Å²) in [6.07, 6.45) is -0.546. The molecule has 0 bridgehead atoms. The number of rotatable bonds is 0. The van der Waals surface area contributed by atoms with Crippen LogP contribution in [0.4, 0.5) is 4.79 Å². The van der Waals surface area contributed by atoms with Gasteiger partial charge in [0.2, 0.25) is 0 Å². The second-order valence-corrected chi connectivity index (χ2v) is 0.947. The van der Waals surface area contributed by atoms with E-state index in [0.717, 1.165) is 0 Å². The highest BCUT2D eigenvalue weighted by Crippen LogP contribution is 1.92. The van der Waals surface area contributed by atoms with Gasteiger partial charge in [-0.3, -0.25) is 0 Å². The fourth-order valence-electron chi connectivity index (χ4n) is 0.292. The van der Waals surface area contributed by atoms with Crippen molar-refractivity contribution in [3.8, 4) is 0 Å². The molecule has 0 aromatic rings. The van der Waals surface area contributed by atoms with E-state index < -0.39 is 6.16 Å². The molecule has 1 aliphatic heterocycles. The van der Waals surface area contributed by atoms with Gasteiger partial charge in [0, 0.05) is 1.43 Å². The molecule has 0 aromatic heterocycles. The van der Waals surface area contributed by atoms with E-state index in [1.165, 1.54) is 0 Å². The first-order chi connectivity index (χ1) is 2.89. The Bertz CT molecular complexity index is 64.6. The van der Waals surface area contributed by atoms with Crippen molar-refractivity contribution in [2.24, 2.45) is 0 Å². The maximum absolute atomic E-state index is 9.80. The second kappa shape index (κ2) is 1.16. The molecule has 0 atom stereocenters. The van der Waals surface area contributed by atoms with Crippen molar-refractivity contribution in [2.45, 2.75) is 0 Å². The number of hydrogen-bond acceptors (Lipinski definition) is 3. The molecule has 0 spiro atoms. The molecule has 1 saturated heterocycles. The van der Waals surface area contributed by atoms with Gasteiger partial charge in [-0.2, -0.15) is 0 Å². The standard InChI is InChI=1S/C3H4O3.H2/c4-3-5-1-2-6-3;/h1-2H2;1H. The molecule has 3 nitrogen and oxygen atoms in total. The molecular formula is C3H6O3. The van der Waals surface area contributed by atoms with Crippen LogP contribution in [0.1, 0.15) is 1.43 Å². The number of hydrogen-bond donors (Lipinski definition) is 0. The average molecular weight is 90.1 g/mol. The maximum atomic E-state index is 9.80. The van der Waals surface area contributed by atoms with Gasteiger partial charge in [0.15, 0.2) is 0 Å². The van der Waals surface area contributed by atoms with Crippen molar-refractivity contribution in [3.63, 3.8) is 0 Å². The van der Waals surface area contributed by atoms with Gasteiger partial charge in [0.25, 0.3) is 0 Å². The van der Waals surface area contributed by atoms with E-state index in [9.17, 15) is 4.79 Å². The SMILES string of the molecule is O=C1OCCO1.[HH]. The Hall–Kier alpha value is -0.730. The molecule has 1 fully saturated rings. The summed E-state index contributed by atoms with van der Waals surface area (Å²) in [4.78, 5) is 9.80. The third-order valence-corrected chi connectivity index (χ3v) is 0.523. The highest BCUT2D eigenvalue weighted by atomic mass is 16.8. The molecule has 0 saturated carbocycles. The van der Waals surface area contributed by atoms with E-state index >= 15 is 0 Å². The van der Waals surface area contributed by atoms with Gasteiger partial charge < -0.3 is 9.47 Å². The van der Waals surface area contributed by atoms with Crippen LogP contribution in [0, 0.1) is 0 Å². The minimum absolute atomic E-state index is 0. The van der Waals surface area contributed by atoms with Crippen molar-refractivity contribution >= 4 is 6.16 Å². The quantitative estimate of drug-likeness (QED) is 0.404. The third-order valence-electron chi connectivity index (χ3n) is 0.523. The Morgan fingerprint density at radius 2 is 2.00 bits per heavy atom. The molecule has 6 heavy (non-hydrogen) atoms. The third kappa shape index (κ3) is 0.429. The monoisotopic (exact) mass is 90.0 g/mol. The Balaban J connectivity index is 0.000000360. The molecule has 0 aromatic carbocycles. The lowest BCUT2D eigenvalue weighted by Gasteiger charge is -1.78. The summed E-state index contributed by atoms with van der Waals surface area (Å²) in [5.41, 5.74) is 0. The molecule has 3 heteroatoms. The molecule has 1 heterocycles. The van der Waals surface area contributed by atoms with Crippen molar-refractivity contribution in [1.29, 1.82) is 0 Å². The van der Waals surface area contributed by atoms with E-state index in [1.807, 2.05) is 0 Å². The van der Waals surface area contributed by atoms with E-state index in [2.05, 4.69) is 9.47 Å². The van der Waals surface area contributed by atoms with E-state index in [4.69, 9.17) is 0 Å². The Labute approximate surface area is 36.3 Å². The predicted octanol–water partition coefficient (Wildman–Crippen LogP) is 0.399. The highest BCUT2D eigenvalue weighted by Gasteiger charge is 2.09. The van der Waals surface area contributed by atoms with Gasteiger partial charge in [0.1, 0.15) is 13.2 Å². The zero-order valence-corrected chi connectivity index (χ0v) is 3.14. The van der Waals surface area contributed by atoms with Gasteiger partial charge in [-0.1, -0.05) is 0 Å². The van der Waals surface area contributed by atoms with Crippen molar-refractivity contribution < 1.29 is 15.7 Å². The summed E-state index contributed by atoms with van der Waals surface area (Å²) in [6.45, 7) is 0.831. The zero-order valence-electron chi connectivity index (χ0n) is 3.14. The fraction of sp³-hybridized carbons (Fsp3) is 0.667. The Morgan fingerprint density at radius 1 is 1.50 bits per heavy atom. The predicted molar refractivity (Wildman–Crippen MR) is 19.4 cm³/mol. The minimum atomic E-state index is -0.546. The van der Waals surface area contributed by atoms with Gasteiger partial charge in [0.05, 0.1) is 0 Å². The van der Waals surface area contributed by atoms with Crippen LogP contribution in [0.25, 0.3) is 0 Å². The van der Waals surface area contributed by atoms with Crippen LogP contribution in [0.3, 0.4) is 0 Å². The van der Waals surface area contributed by atoms with Gasteiger partial charge in [-0.05, 0) is 0 Å². The topological polar surface area (TPSA) is 35.5 Å². The van der Waals surface area contributed by atoms with E-state index in [-0.39, 0.29) is 1.43 Å². The largest absolute Gasteiger partial charge is 0.508 e. The lowest BCUT2D eigenvalue weighted by molar-refractivity contribution is 0.131. The van der Waals surface area contributed by atoms with Crippen LogP contribution in [0.5, 0.6) is 0 Å². The summed E-state index contributed by atoms with van der Waals surface area (Å²) in [6, 6.07) is 0. The molecule has 0 amide bonds. The van der Waals surface area contributed by atoms with Crippen LogP contribution in [0.15, 0.2) is 0 Å². The number of ether oxygens (including phenoxy) is 2. The minimum Gasteiger partial charge on any atom is -0.431 e. The van der Waals surface area contributed by atoms with Gasteiger partial charge in [-0.25, -0.2) is 4.79 Å². The lowest BCUT2D eigenvalue weighted by atomic mass is 10.8. The van der Waals surface area contributed by atoms with Crippen LogP contribution >= 0.6 is 0 Å². The average Bonchev–Trinajstić information content (AvgIpc) is 1.86. The molecule has 0 aliphatic carbocycles. The van der Waals surface area contributed by atoms with Crippen molar-refractivity contribution in [1.82, 2.24) is 0 Å². The molecule has 1 aliphatic rings. The number of cyclic esters (lactones) is 2. The molecule has 0 radical (unpaired) electrons. The lowest BCUT2D eigenvalue weighted by Crippen LogP contribution is -1.88. The molecular weight excluding hydrogens is 84.0 g/mol. The van der Waals surface area contributed by atoms with Gasteiger partial charge >= 0.3 is 6.16 Å². The number of carbonyl (C=O) groups is 1. The van der Waals surface area contributed by atoms with Crippen molar-refractivity contribution in [3.05, 3.63) is 0 Å². The summed E-state index contributed by atoms with van der Waals surface area (Å²) in [5, 5.41) is 0. The molecule has 36 valence electrons. The summed E-state index contributed by atoms with van der Waals surface area (Å²) in [7, 11) is 0. The molecule has 0 unspecified atom stereocenters. The maximum Gasteiger partial charge on any atom is 0.508 e. The highest BCUT2D eigenvalue weighted by molar-refractivity contribution is 5.61. The first-order valence-electron chi connectivity index (χ1n) is 1.69. The van der Waals surface area contributed by atoms with Crippen LogP contribution in [-0.4, -0.2) is 19.4 Å². The zero-order chi connectivity index (χ0) is 4.41. The summed E-state index contributed by atoms with van der Waals surface area (Å²) >= 11 is 0. The second-order valence-electron chi connectivity index (χ2n) is 0.947. The molecule has 1 rings (SSSR count). The Kier molecular flexibility index (Phi) is 0.670. The molecule has 0 N–H and O–H groups in total. The summed E-state index contributed by atoms with van der Waals surface area (Å²) < 4.78 is 8.58. The van der Waals surface area contributed by atoms with Crippen LogP contribution < -0.4 is 0 Å². The summed E-state index contributed by atoms with van der Waals surface area (Å²) in [5.74, 6) is 0. The first kappa shape index (κ1) is 3.46. The van der Waals surface area contributed by atoms with Crippen LogP contribution in [-0.2, 0) is 9.47 Å². The first-order valence-corrected chi connectivity index (χ1v) is 1.69. The van der Waals surface area contributed by atoms with Crippen LogP contribution in [0.2, 0.25) is 0 Å².